The number of benzene rings is 1. The first-order valence-corrected chi connectivity index (χ1v) is 6.85. The predicted octanol–water partition coefficient (Wildman–Crippen LogP) is 1.86. The lowest BCUT2D eigenvalue weighted by atomic mass is 9.76. The molecule has 1 atom stereocenters. The van der Waals surface area contributed by atoms with E-state index in [1.165, 1.54) is 12.1 Å². The van der Waals surface area contributed by atoms with Gasteiger partial charge in [0.2, 0.25) is 0 Å². The quantitative estimate of drug-likeness (QED) is 0.888. The van der Waals surface area contributed by atoms with Gasteiger partial charge in [-0.05, 0) is 30.5 Å². The van der Waals surface area contributed by atoms with E-state index in [2.05, 4.69) is 0 Å². The molecule has 1 aromatic rings. The minimum Gasteiger partial charge on any atom is -0.481 e. The fraction of sp³-hybridized carbons (Fsp3) is 0.467. The van der Waals surface area contributed by atoms with Gasteiger partial charge in [0.25, 0.3) is 5.91 Å². The maximum absolute atomic E-state index is 13.3. The normalized spacial score (nSPS) is 21.8. The molecule has 0 radical (unpaired) electrons. The number of carbonyl (C=O) groups excluding carboxylic acids is 1. The Morgan fingerprint density at radius 2 is 2.10 bits per heavy atom. The van der Waals surface area contributed by atoms with Crippen LogP contribution < -0.4 is 10.6 Å². The van der Waals surface area contributed by atoms with E-state index in [1.807, 2.05) is 13.8 Å². The minimum absolute atomic E-state index is 0.0440. The predicted molar refractivity (Wildman–Crippen MR) is 76.7 cm³/mol. The summed E-state index contributed by atoms with van der Waals surface area (Å²) in [7, 11) is 0. The van der Waals surface area contributed by atoms with E-state index in [0.29, 0.717) is 18.7 Å². The van der Waals surface area contributed by atoms with Crippen LogP contribution in [0.25, 0.3) is 0 Å². The molecule has 6 heteroatoms. The van der Waals surface area contributed by atoms with E-state index in [9.17, 15) is 19.1 Å². The monoisotopic (exact) mass is 294 g/mol. The van der Waals surface area contributed by atoms with Gasteiger partial charge in [0.15, 0.2) is 0 Å². The molecule has 0 aliphatic carbocycles. The number of rotatable bonds is 4. The SMILES string of the molecule is CC(C)C1(C(=O)O)CCN(c2ccc(F)cc2C(N)=O)C1. The molecular formula is C15H19FN2O3. The maximum atomic E-state index is 13.3. The van der Waals surface area contributed by atoms with Crippen molar-refractivity contribution in [2.24, 2.45) is 17.1 Å². The van der Waals surface area contributed by atoms with Gasteiger partial charge < -0.3 is 15.7 Å². The second-order valence-corrected chi connectivity index (χ2v) is 5.81. The molecule has 3 N–H and O–H groups in total. The zero-order valence-corrected chi connectivity index (χ0v) is 12.1. The van der Waals surface area contributed by atoms with Crippen LogP contribution in [0, 0.1) is 17.2 Å². The van der Waals surface area contributed by atoms with E-state index in [0.717, 1.165) is 6.07 Å². The Morgan fingerprint density at radius 1 is 1.43 bits per heavy atom. The fourth-order valence-corrected chi connectivity index (χ4v) is 2.91. The van der Waals surface area contributed by atoms with Gasteiger partial charge in [0.05, 0.1) is 11.0 Å². The number of aliphatic carboxylic acids is 1. The van der Waals surface area contributed by atoms with Crippen molar-refractivity contribution < 1.29 is 19.1 Å². The minimum atomic E-state index is -0.858. The average Bonchev–Trinajstić information content (AvgIpc) is 2.84. The molecule has 1 amide bonds. The molecule has 1 heterocycles. The van der Waals surface area contributed by atoms with Crippen molar-refractivity contribution in [3.63, 3.8) is 0 Å². The standard InChI is InChI=1S/C15H19FN2O3/c1-9(2)15(14(20)21)5-6-18(8-15)12-4-3-10(16)7-11(12)13(17)19/h3-4,7,9H,5-6,8H2,1-2H3,(H2,17,19)(H,20,21). The zero-order valence-electron chi connectivity index (χ0n) is 12.1. The highest BCUT2D eigenvalue weighted by atomic mass is 19.1. The molecule has 1 unspecified atom stereocenters. The van der Waals surface area contributed by atoms with E-state index >= 15 is 0 Å². The number of carboxylic acid groups (broad SMARTS) is 1. The van der Waals surface area contributed by atoms with E-state index in [1.54, 1.807) is 4.90 Å². The third-order valence-electron chi connectivity index (χ3n) is 4.40. The Morgan fingerprint density at radius 3 is 2.57 bits per heavy atom. The van der Waals surface area contributed by atoms with E-state index in [4.69, 9.17) is 5.73 Å². The third kappa shape index (κ3) is 2.57. The molecule has 1 aromatic carbocycles. The highest BCUT2D eigenvalue weighted by Crippen LogP contribution is 2.40. The van der Waals surface area contributed by atoms with Gasteiger partial charge in [-0.25, -0.2) is 4.39 Å². The summed E-state index contributed by atoms with van der Waals surface area (Å²) in [5.74, 6) is -2.15. The fourth-order valence-electron chi connectivity index (χ4n) is 2.91. The molecule has 5 nitrogen and oxygen atoms in total. The Labute approximate surface area is 122 Å². The molecule has 0 aromatic heterocycles. The van der Waals surface area contributed by atoms with Gasteiger partial charge in [-0.15, -0.1) is 0 Å². The molecular weight excluding hydrogens is 275 g/mol. The summed E-state index contributed by atoms with van der Waals surface area (Å²) in [6.45, 7) is 4.52. The topological polar surface area (TPSA) is 83.6 Å². The molecule has 2 rings (SSSR count). The number of hydrogen-bond acceptors (Lipinski definition) is 3. The van der Waals surface area contributed by atoms with Gasteiger partial charge in [0.1, 0.15) is 5.82 Å². The van der Waals surface area contributed by atoms with Crippen LogP contribution in [0.3, 0.4) is 0 Å². The molecule has 114 valence electrons. The number of carbonyl (C=O) groups is 2. The summed E-state index contributed by atoms with van der Waals surface area (Å²) >= 11 is 0. The van der Waals surface area contributed by atoms with Crippen molar-refractivity contribution >= 4 is 17.6 Å². The number of primary amides is 1. The number of nitrogens with two attached hydrogens (primary N) is 1. The first kappa shape index (κ1) is 15.3. The molecule has 1 aliphatic heterocycles. The van der Waals surface area contributed by atoms with Crippen molar-refractivity contribution in [2.45, 2.75) is 20.3 Å². The summed E-state index contributed by atoms with van der Waals surface area (Å²) in [6.07, 6.45) is 0.482. The molecule has 1 saturated heterocycles. The van der Waals surface area contributed by atoms with Crippen LogP contribution in [0.5, 0.6) is 0 Å². The van der Waals surface area contributed by atoms with Crippen LogP contribution in [-0.2, 0) is 4.79 Å². The van der Waals surface area contributed by atoms with Crippen LogP contribution in [0.15, 0.2) is 18.2 Å². The first-order chi connectivity index (χ1) is 9.78. The van der Waals surface area contributed by atoms with Crippen molar-refractivity contribution in [3.8, 4) is 0 Å². The Balaban J connectivity index is 2.38. The highest BCUT2D eigenvalue weighted by Gasteiger charge is 2.47. The van der Waals surface area contributed by atoms with E-state index < -0.39 is 23.1 Å². The van der Waals surface area contributed by atoms with Crippen molar-refractivity contribution in [1.29, 1.82) is 0 Å². The zero-order chi connectivity index (χ0) is 15.8. The van der Waals surface area contributed by atoms with Crippen LogP contribution in [0.2, 0.25) is 0 Å². The van der Waals surface area contributed by atoms with Gasteiger partial charge in [-0.1, -0.05) is 13.8 Å². The van der Waals surface area contributed by atoms with Crippen molar-refractivity contribution in [3.05, 3.63) is 29.6 Å². The summed E-state index contributed by atoms with van der Waals surface area (Å²) < 4.78 is 13.3. The lowest BCUT2D eigenvalue weighted by molar-refractivity contribution is -0.150. The number of carboxylic acids is 1. The van der Waals surface area contributed by atoms with Crippen LogP contribution in [0.1, 0.15) is 30.6 Å². The summed E-state index contributed by atoms with van der Waals surface area (Å²) in [5, 5.41) is 9.54. The summed E-state index contributed by atoms with van der Waals surface area (Å²) in [6, 6.07) is 3.82. The second kappa shape index (κ2) is 5.35. The number of amides is 1. The lowest BCUT2D eigenvalue weighted by Crippen LogP contribution is -2.39. The van der Waals surface area contributed by atoms with Crippen LogP contribution in [-0.4, -0.2) is 30.1 Å². The van der Waals surface area contributed by atoms with Crippen molar-refractivity contribution in [1.82, 2.24) is 0 Å². The first-order valence-electron chi connectivity index (χ1n) is 6.85. The van der Waals surface area contributed by atoms with Gasteiger partial charge in [-0.3, -0.25) is 9.59 Å². The molecule has 0 spiro atoms. The Bertz CT molecular complexity index is 588. The van der Waals surface area contributed by atoms with Crippen LogP contribution >= 0.6 is 0 Å². The number of nitrogens with zero attached hydrogens (tertiary/aromatic N) is 1. The van der Waals surface area contributed by atoms with Gasteiger partial charge in [-0.2, -0.15) is 0 Å². The largest absolute Gasteiger partial charge is 0.481 e. The molecule has 1 aliphatic rings. The Hall–Kier alpha value is -2.11. The second-order valence-electron chi connectivity index (χ2n) is 5.81. The van der Waals surface area contributed by atoms with Crippen LogP contribution in [0.4, 0.5) is 10.1 Å². The number of anilines is 1. The number of hydrogen-bond donors (Lipinski definition) is 2. The Kier molecular flexibility index (Phi) is 3.89. The average molecular weight is 294 g/mol. The van der Waals surface area contributed by atoms with Gasteiger partial charge >= 0.3 is 5.97 Å². The van der Waals surface area contributed by atoms with Gasteiger partial charge in [0, 0.05) is 18.8 Å². The lowest BCUT2D eigenvalue weighted by Gasteiger charge is -2.29. The molecule has 0 saturated carbocycles. The van der Waals surface area contributed by atoms with E-state index in [-0.39, 0.29) is 18.0 Å². The number of halogens is 1. The highest BCUT2D eigenvalue weighted by molar-refractivity contribution is 5.99. The molecule has 1 fully saturated rings. The molecule has 21 heavy (non-hydrogen) atoms. The van der Waals surface area contributed by atoms with Crippen molar-refractivity contribution in [2.75, 3.05) is 18.0 Å². The smallest absolute Gasteiger partial charge is 0.311 e. The molecule has 0 bridgehead atoms. The third-order valence-corrected chi connectivity index (χ3v) is 4.40. The maximum Gasteiger partial charge on any atom is 0.311 e. The summed E-state index contributed by atoms with van der Waals surface area (Å²) in [5.41, 5.74) is 5.01. The summed E-state index contributed by atoms with van der Waals surface area (Å²) in [4.78, 5) is 24.9.